The van der Waals surface area contributed by atoms with E-state index in [4.69, 9.17) is 0 Å². The van der Waals surface area contributed by atoms with Gasteiger partial charge in [-0.1, -0.05) is 25.5 Å². The van der Waals surface area contributed by atoms with Crippen LogP contribution in [-0.4, -0.2) is 27.6 Å². The zero-order chi connectivity index (χ0) is 13.0. The number of hydrogen-bond acceptors (Lipinski definition) is 1. The van der Waals surface area contributed by atoms with Gasteiger partial charge in [-0.05, 0) is 24.1 Å². The van der Waals surface area contributed by atoms with Gasteiger partial charge in [0.05, 0.1) is 0 Å². The first kappa shape index (κ1) is 12.5. The van der Waals surface area contributed by atoms with Gasteiger partial charge in [0.25, 0.3) is 0 Å². The molecule has 0 aliphatic heterocycles. The minimum atomic E-state index is -0.851. The van der Waals surface area contributed by atoms with E-state index >= 15 is 0 Å². The first-order valence-corrected chi connectivity index (χ1v) is 6.25. The molecule has 2 aromatic rings. The van der Waals surface area contributed by atoms with Crippen molar-refractivity contribution in [1.82, 2.24) is 9.88 Å². The van der Waals surface area contributed by atoms with Crippen LogP contribution in [0.5, 0.6) is 0 Å². The van der Waals surface area contributed by atoms with Crippen molar-refractivity contribution in [2.45, 2.75) is 26.3 Å². The molecule has 0 aliphatic rings. The minimum Gasteiger partial charge on any atom is -0.465 e. The second kappa shape index (κ2) is 5.58. The van der Waals surface area contributed by atoms with Crippen molar-refractivity contribution in [2.24, 2.45) is 0 Å². The highest BCUT2D eigenvalue weighted by molar-refractivity contribution is 5.83. The number of carboxylic acid groups (broad SMARTS) is 1. The van der Waals surface area contributed by atoms with Crippen molar-refractivity contribution >= 4 is 17.0 Å². The molecule has 1 aromatic heterocycles. The molecule has 1 amide bonds. The van der Waals surface area contributed by atoms with Gasteiger partial charge in [0.1, 0.15) is 0 Å². The number of rotatable bonds is 5. The Bertz CT molecular complexity index is 533. The lowest BCUT2D eigenvalue weighted by molar-refractivity contribution is 0.142. The van der Waals surface area contributed by atoms with Gasteiger partial charge in [0.15, 0.2) is 0 Å². The molecule has 4 heteroatoms. The molecule has 18 heavy (non-hydrogen) atoms. The first-order valence-electron chi connectivity index (χ1n) is 6.25. The lowest BCUT2D eigenvalue weighted by atomic mass is 10.1. The molecule has 2 N–H and O–H groups in total. The fourth-order valence-electron chi connectivity index (χ4n) is 2.09. The van der Waals surface area contributed by atoms with Crippen LogP contribution in [0.4, 0.5) is 4.79 Å². The Balaban J connectivity index is 2.20. The van der Waals surface area contributed by atoms with E-state index in [9.17, 15) is 9.90 Å². The maximum absolute atomic E-state index is 11.2. The van der Waals surface area contributed by atoms with E-state index in [0.717, 1.165) is 29.3 Å². The van der Waals surface area contributed by atoms with E-state index in [0.29, 0.717) is 13.1 Å². The van der Waals surface area contributed by atoms with Crippen LogP contribution < -0.4 is 0 Å². The van der Waals surface area contributed by atoms with Gasteiger partial charge in [0.2, 0.25) is 0 Å². The summed E-state index contributed by atoms with van der Waals surface area (Å²) in [4.78, 5) is 15.8. The van der Waals surface area contributed by atoms with Gasteiger partial charge in [-0.25, -0.2) is 4.79 Å². The van der Waals surface area contributed by atoms with E-state index in [2.05, 4.69) is 11.9 Å². The van der Waals surface area contributed by atoms with Crippen LogP contribution in [0.1, 0.15) is 25.3 Å². The summed E-state index contributed by atoms with van der Waals surface area (Å²) < 4.78 is 0. The Labute approximate surface area is 106 Å². The van der Waals surface area contributed by atoms with Crippen molar-refractivity contribution in [1.29, 1.82) is 0 Å². The zero-order valence-corrected chi connectivity index (χ0v) is 10.5. The SMILES string of the molecule is CCCCN(Cc1cccc2[nH]ccc12)C(=O)O. The van der Waals surface area contributed by atoms with Crippen LogP contribution in [-0.2, 0) is 6.54 Å². The third-order valence-electron chi connectivity index (χ3n) is 3.10. The molecule has 0 atom stereocenters. The largest absolute Gasteiger partial charge is 0.465 e. The number of aromatic amines is 1. The van der Waals surface area contributed by atoms with Crippen LogP contribution in [0.15, 0.2) is 30.5 Å². The van der Waals surface area contributed by atoms with Gasteiger partial charge in [-0.3, -0.25) is 0 Å². The molecule has 0 unspecified atom stereocenters. The molecule has 1 aromatic carbocycles. The maximum atomic E-state index is 11.2. The average Bonchev–Trinajstić information content (AvgIpc) is 2.83. The summed E-state index contributed by atoms with van der Waals surface area (Å²) in [6.07, 6.45) is 2.93. The standard InChI is InChI=1S/C14H18N2O2/c1-2-3-9-16(14(17)18)10-11-5-4-6-13-12(11)7-8-15-13/h4-8,15H,2-3,9-10H2,1H3,(H,17,18). The summed E-state index contributed by atoms with van der Waals surface area (Å²) in [6.45, 7) is 3.10. The number of nitrogens with one attached hydrogen (secondary N) is 1. The summed E-state index contributed by atoms with van der Waals surface area (Å²) in [5, 5.41) is 10.3. The summed E-state index contributed by atoms with van der Waals surface area (Å²) in [7, 11) is 0. The van der Waals surface area contributed by atoms with Crippen molar-refractivity contribution in [3.8, 4) is 0 Å². The van der Waals surface area contributed by atoms with Crippen LogP contribution in [0, 0.1) is 0 Å². The number of H-pyrrole nitrogens is 1. The Kier molecular flexibility index (Phi) is 3.87. The molecule has 0 fully saturated rings. The molecule has 0 bridgehead atoms. The van der Waals surface area contributed by atoms with Crippen LogP contribution in [0.25, 0.3) is 10.9 Å². The highest BCUT2D eigenvalue weighted by Crippen LogP contribution is 2.19. The van der Waals surface area contributed by atoms with Gasteiger partial charge in [0, 0.05) is 30.2 Å². The summed E-state index contributed by atoms with van der Waals surface area (Å²) >= 11 is 0. The lowest BCUT2D eigenvalue weighted by Crippen LogP contribution is -2.29. The molecule has 0 saturated carbocycles. The Morgan fingerprint density at radius 2 is 2.22 bits per heavy atom. The fourth-order valence-corrected chi connectivity index (χ4v) is 2.09. The van der Waals surface area contributed by atoms with Crippen LogP contribution in [0.3, 0.4) is 0 Å². The highest BCUT2D eigenvalue weighted by Gasteiger charge is 2.13. The molecule has 1 heterocycles. The third kappa shape index (κ3) is 2.64. The third-order valence-corrected chi connectivity index (χ3v) is 3.10. The number of benzene rings is 1. The maximum Gasteiger partial charge on any atom is 0.407 e. The second-order valence-corrected chi connectivity index (χ2v) is 4.41. The molecule has 0 saturated heterocycles. The van der Waals surface area contributed by atoms with E-state index in [-0.39, 0.29) is 0 Å². The number of unbranched alkanes of at least 4 members (excludes halogenated alkanes) is 1. The van der Waals surface area contributed by atoms with Crippen LogP contribution in [0.2, 0.25) is 0 Å². The highest BCUT2D eigenvalue weighted by atomic mass is 16.4. The predicted octanol–water partition coefficient (Wildman–Crippen LogP) is 3.45. The number of carbonyl (C=O) groups is 1. The second-order valence-electron chi connectivity index (χ2n) is 4.41. The quantitative estimate of drug-likeness (QED) is 0.849. The lowest BCUT2D eigenvalue weighted by Gasteiger charge is -2.19. The Morgan fingerprint density at radius 3 is 2.94 bits per heavy atom. The number of fused-ring (bicyclic) bond motifs is 1. The Hall–Kier alpha value is -1.97. The van der Waals surface area contributed by atoms with E-state index in [1.807, 2.05) is 30.5 Å². The fraction of sp³-hybridized carbons (Fsp3) is 0.357. The van der Waals surface area contributed by atoms with Gasteiger partial charge >= 0.3 is 6.09 Å². The average molecular weight is 246 g/mol. The minimum absolute atomic E-state index is 0.449. The normalized spacial score (nSPS) is 10.7. The van der Waals surface area contributed by atoms with Crippen molar-refractivity contribution in [2.75, 3.05) is 6.54 Å². The zero-order valence-electron chi connectivity index (χ0n) is 10.5. The molecule has 4 nitrogen and oxygen atoms in total. The van der Waals surface area contributed by atoms with Crippen molar-refractivity contribution in [3.05, 3.63) is 36.0 Å². The molecule has 0 aliphatic carbocycles. The monoisotopic (exact) mass is 246 g/mol. The van der Waals surface area contributed by atoms with Gasteiger partial charge in [-0.15, -0.1) is 0 Å². The van der Waals surface area contributed by atoms with Crippen molar-refractivity contribution < 1.29 is 9.90 Å². The van der Waals surface area contributed by atoms with Crippen molar-refractivity contribution in [3.63, 3.8) is 0 Å². The first-order chi connectivity index (χ1) is 8.72. The molecular formula is C14H18N2O2. The number of nitrogens with zero attached hydrogens (tertiary/aromatic N) is 1. The molecular weight excluding hydrogens is 228 g/mol. The number of amides is 1. The summed E-state index contributed by atoms with van der Waals surface area (Å²) in [6, 6.07) is 7.92. The number of aromatic nitrogens is 1. The molecule has 2 rings (SSSR count). The predicted molar refractivity (Wildman–Crippen MR) is 71.6 cm³/mol. The summed E-state index contributed by atoms with van der Waals surface area (Å²) in [5.41, 5.74) is 2.10. The number of hydrogen-bond donors (Lipinski definition) is 2. The molecule has 96 valence electrons. The summed E-state index contributed by atoms with van der Waals surface area (Å²) in [5.74, 6) is 0. The molecule has 0 spiro atoms. The van der Waals surface area contributed by atoms with E-state index in [1.165, 1.54) is 4.90 Å². The van der Waals surface area contributed by atoms with E-state index < -0.39 is 6.09 Å². The smallest absolute Gasteiger partial charge is 0.407 e. The topological polar surface area (TPSA) is 56.3 Å². The van der Waals surface area contributed by atoms with Crippen LogP contribution >= 0.6 is 0 Å². The van der Waals surface area contributed by atoms with Gasteiger partial charge < -0.3 is 15.0 Å². The van der Waals surface area contributed by atoms with Gasteiger partial charge in [-0.2, -0.15) is 0 Å². The Morgan fingerprint density at radius 1 is 1.39 bits per heavy atom. The molecule has 0 radical (unpaired) electrons. The van der Waals surface area contributed by atoms with E-state index in [1.54, 1.807) is 0 Å².